The molecule has 85 heavy (non-hydrogen) atoms. The Morgan fingerprint density at radius 1 is 0.388 bits per heavy atom. The maximum Gasteiger partial charge on any atom is 0.335 e. The van der Waals surface area contributed by atoms with Gasteiger partial charge in [-0.25, -0.2) is 4.79 Å². The van der Waals surface area contributed by atoms with Gasteiger partial charge in [0.05, 0.1) is 6.61 Å². The number of hydrogen-bond donors (Lipinski definition) is 3. The number of hydrogen-bond acceptors (Lipinski definition) is 11. The van der Waals surface area contributed by atoms with Crippen LogP contribution in [0, 0.1) is 0 Å². The summed E-state index contributed by atoms with van der Waals surface area (Å²) >= 11 is 0. The molecule has 0 bridgehead atoms. The van der Waals surface area contributed by atoms with Crippen molar-refractivity contribution in [2.45, 2.75) is 327 Å². The molecule has 1 saturated heterocycles. The van der Waals surface area contributed by atoms with E-state index in [0.717, 1.165) is 161 Å². The van der Waals surface area contributed by atoms with E-state index in [4.69, 9.17) is 23.7 Å². The molecule has 0 aromatic carbocycles. The molecule has 1 rings (SSSR count). The number of rotatable bonds is 58. The fourth-order valence-electron chi connectivity index (χ4n) is 9.82. The second-order valence-electron chi connectivity index (χ2n) is 23.1. The molecule has 0 amide bonds. The van der Waals surface area contributed by atoms with Crippen molar-refractivity contribution in [1.29, 1.82) is 0 Å². The Labute approximate surface area is 517 Å². The van der Waals surface area contributed by atoms with Crippen LogP contribution in [0.25, 0.3) is 0 Å². The molecule has 0 saturated carbocycles. The van der Waals surface area contributed by atoms with Crippen molar-refractivity contribution < 1.29 is 58.2 Å². The SMILES string of the molecule is CCCCC/C=C\C/C=C\C/C=C\CCCCCCCCC(=O)OCC(COC1OC(C(=O)O)C(O)C(O)C1OC(=O)CCCCCCCCC/C=C\C/C=C\CCCCC)OC(=O)CCCCCCCC/C=C\C/C=C\C/C=C\CCCCC. The van der Waals surface area contributed by atoms with Crippen LogP contribution in [-0.2, 0) is 42.9 Å². The molecule has 0 spiro atoms. The van der Waals surface area contributed by atoms with Crippen LogP contribution >= 0.6 is 0 Å². The summed E-state index contributed by atoms with van der Waals surface area (Å²) in [6.45, 7) is 5.92. The highest BCUT2D eigenvalue weighted by Crippen LogP contribution is 2.27. The van der Waals surface area contributed by atoms with E-state index in [9.17, 15) is 34.5 Å². The first-order chi connectivity index (χ1) is 41.6. The fourth-order valence-corrected chi connectivity index (χ4v) is 9.82. The summed E-state index contributed by atoms with van der Waals surface area (Å²) in [5, 5.41) is 31.6. The summed E-state index contributed by atoms with van der Waals surface area (Å²) in [6, 6.07) is 0. The predicted octanol–water partition coefficient (Wildman–Crippen LogP) is 18.8. The monoisotopic (exact) mass is 1190 g/mol. The third-order valence-electron chi connectivity index (χ3n) is 15.1. The Morgan fingerprint density at radius 2 is 0.706 bits per heavy atom. The molecule has 0 aromatic rings. The quantitative estimate of drug-likeness (QED) is 0.0228. The van der Waals surface area contributed by atoms with E-state index in [1.165, 1.54) is 70.6 Å². The molecule has 1 aliphatic heterocycles. The molecular formula is C73H122O12. The van der Waals surface area contributed by atoms with Gasteiger partial charge in [-0.1, -0.05) is 240 Å². The smallest absolute Gasteiger partial charge is 0.335 e. The number of esters is 3. The minimum Gasteiger partial charge on any atom is -0.479 e. The number of aliphatic hydroxyl groups excluding tert-OH is 2. The summed E-state index contributed by atoms with van der Waals surface area (Å²) in [4.78, 5) is 51.5. The number of aliphatic hydroxyl groups is 2. The van der Waals surface area contributed by atoms with E-state index < -0.39 is 67.3 Å². The molecular weight excluding hydrogens is 1070 g/mol. The third kappa shape index (κ3) is 49.3. The van der Waals surface area contributed by atoms with E-state index in [-0.39, 0.29) is 25.9 Å². The highest BCUT2D eigenvalue weighted by Gasteiger charge is 2.50. The van der Waals surface area contributed by atoms with Gasteiger partial charge in [-0.05, 0) is 128 Å². The Hall–Kier alpha value is -4.36. The third-order valence-corrected chi connectivity index (χ3v) is 15.1. The number of carbonyl (C=O) groups excluding carboxylic acids is 3. The van der Waals surface area contributed by atoms with Gasteiger partial charge in [-0.3, -0.25) is 14.4 Å². The highest BCUT2D eigenvalue weighted by molar-refractivity contribution is 5.74. The molecule has 6 atom stereocenters. The average Bonchev–Trinajstić information content (AvgIpc) is 3.46. The number of allylic oxidation sites excluding steroid dienone is 16. The molecule has 0 aromatic heterocycles. The van der Waals surface area contributed by atoms with E-state index >= 15 is 0 Å². The van der Waals surface area contributed by atoms with Crippen LogP contribution in [0.2, 0.25) is 0 Å². The number of unbranched alkanes of at least 4 members (excludes halogenated alkanes) is 28. The molecule has 3 N–H and O–H groups in total. The molecule has 12 heteroatoms. The van der Waals surface area contributed by atoms with Gasteiger partial charge in [-0.15, -0.1) is 0 Å². The van der Waals surface area contributed by atoms with Crippen LogP contribution < -0.4 is 0 Å². The zero-order chi connectivity index (χ0) is 61.7. The normalized spacial score (nSPS) is 18.1. The minimum atomic E-state index is -1.92. The van der Waals surface area contributed by atoms with Crippen molar-refractivity contribution >= 4 is 23.9 Å². The Balaban J connectivity index is 2.68. The van der Waals surface area contributed by atoms with Crippen LogP contribution in [0.3, 0.4) is 0 Å². The topological polar surface area (TPSA) is 175 Å². The van der Waals surface area contributed by atoms with Crippen LogP contribution in [0.15, 0.2) is 97.2 Å². The van der Waals surface area contributed by atoms with Crippen LogP contribution in [0.1, 0.15) is 290 Å². The van der Waals surface area contributed by atoms with E-state index in [1.54, 1.807) is 0 Å². The summed E-state index contributed by atoms with van der Waals surface area (Å²) in [5.41, 5.74) is 0. The zero-order valence-electron chi connectivity index (χ0n) is 53.8. The number of aliphatic carboxylic acids is 1. The lowest BCUT2D eigenvalue weighted by Crippen LogP contribution is -2.61. The summed E-state index contributed by atoms with van der Waals surface area (Å²) in [5.74, 6) is -3.16. The Morgan fingerprint density at radius 3 is 1.07 bits per heavy atom. The molecule has 1 fully saturated rings. The highest BCUT2D eigenvalue weighted by atomic mass is 16.7. The molecule has 12 nitrogen and oxygen atoms in total. The van der Waals surface area contributed by atoms with Gasteiger partial charge in [0.15, 0.2) is 24.6 Å². The van der Waals surface area contributed by atoms with E-state index in [0.29, 0.717) is 19.3 Å². The maximum atomic E-state index is 13.2. The Kier molecular flexibility index (Phi) is 55.5. The van der Waals surface area contributed by atoms with Gasteiger partial charge in [0.1, 0.15) is 18.8 Å². The fraction of sp³-hybridized carbons (Fsp3) is 0.726. The molecule has 1 heterocycles. The van der Waals surface area contributed by atoms with Crippen LogP contribution in [0.5, 0.6) is 0 Å². The lowest BCUT2D eigenvalue weighted by atomic mass is 9.98. The van der Waals surface area contributed by atoms with Gasteiger partial charge in [-0.2, -0.15) is 0 Å². The van der Waals surface area contributed by atoms with Crippen LogP contribution in [-0.4, -0.2) is 89.2 Å². The lowest BCUT2D eigenvalue weighted by molar-refractivity contribution is -0.301. The second kappa shape index (κ2) is 59.9. The second-order valence-corrected chi connectivity index (χ2v) is 23.1. The first-order valence-electron chi connectivity index (χ1n) is 34.2. The maximum absolute atomic E-state index is 13.2. The van der Waals surface area contributed by atoms with Crippen molar-refractivity contribution in [2.24, 2.45) is 0 Å². The predicted molar refractivity (Wildman–Crippen MR) is 349 cm³/mol. The molecule has 486 valence electrons. The Bertz CT molecular complexity index is 1840. The first kappa shape index (κ1) is 78.7. The number of ether oxygens (including phenoxy) is 5. The van der Waals surface area contributed by atoms with Crippen molar-refractivity contribution in [3.8, 4) is 0 Å². The summed E-state index contributed by atoms with van der Waals surface area (Å²) in [7, 11) is 0. The van der Waals surface area contributed by atoms with Gasteiger partial charge in [0, 0.05) is 19.3 Å². The van der Waals surface area contributed by atoms with E-state index in [1.807, 2.05) is 0 Å². The summed E-state index contributed by atoms with van der Waals surface area (Å²) < 4.78 is 28.6. The van der Waals surface area contributed by atoms with Crippen molar-refractivity contribution in [1.82, 2.24) is 0 Å². The van der Waals surface area contributed by atoms with Gasteiger partial charge in [0.2, 0.25) is 0 Å². The first-order valence-corrected chi connectivity index (χ1v) is 34.2. The zero-order valence-corrected chi connectivity index (χ0v) is 53.8. The molecule has 0 aliphatic carbocycles. The number of carboxylic acids is 1. The standard InChI is InChI=1S/C73H122O12/c1-4-7-10-13-16-19-22-25-28-31-33-36-38-41-44-47-50-53-56-59-65(74)81-62-64(83-66(75)60-57-54-51-48-45-42-40-37-34-32-29-26-23-20-17-14-11-8-5-2)63-82-73-71(69(78)68(77)70(85-73)72(79)80)84-67(76)61-58-55-52-49-46-43-39-35-30-27-24-21-18-15-12-9-6-3/h16-21,25-30,33-34,36-37,64,68-71,73,77-78H,4-15,22-24,31-32,35,38-63H2,1-3H3,(H,79,80)/b19-16-,20-17-,21-18-,28-25-,29-26-,30-27-,36-33-,37-34-. The molecule has 1 aliphatic rings. The van der Waals surface area contributed by atoms with Crippen molar-refractivity contribution in [2.75, 3.05) is 13.2 Å². The van der Waals surface area contributed by atoms with Gasteiger partial charge < -0.3 is 39.0 Å². The van der Waals surface area contributed by atoms with Crippen molar-refractivity contribution in [3.63, 3.8) is 0 Å². The summed E-state index contributed by atoms with van der Waals surface area (Å²) in [6.07, 6.45) is 67.7. The van der Waals surface area contributed by atoms with Gasteiger partial charge in [0.25, 0.3) is 0 Å². The van der Waals surface area contributed by atoms with Crippen LogP contribution in [0.4, 0.5) is 0 Å². The lowest BCUT2D eigenvalue weighted by Gasteiger charge is -2.40. The molecule has 0 radical (unpaired) electrons. The molecule has 6 unspecified atom stereocenters. The number of carboxylic acid groups (broad SMARTS) is 1. The van der Waals surface area contributed by atoms with Crippen molar-refractivity contribution in [3.05, 3.63) is 97.2 Å². The largest absolute Gasteiger partial charge is 0.479 e. The van der Waals surface area contributed by atoms with E-state index in [2.05, 4.69) is 118 Å². The number of carbonyl (C=O) groups is 4. The average molecular weight is 1190 g/mol. The minimum absolute atomic E-state index is 0.0452. The van der Waals surface area contributed by atoms with Gasteiger partial charge >= 0.3 is 23.9 Å².